The van der Waals surface area contributed by atoms with E-state index in [2.05, 4.69) is 5.32 Å². The van der Waals surface area contributed by atoms with Crippen molar-refractivity contribution in [2.24, 2.45) is 0 Å². The average molecular weight is 436 g/mol. The SMILES string of the molecule is Cc1cc([C@@H](C)NC(=O)OC(C)(C)C)c2oc(C3CCC(F)(F)CC3)c(C)c(=O)c2c1. The van der Waals surface area contributed by atoms with Crippen LogP contribution in [0.3, 0.4) is 0 Å². The van der Waals surface area contributed by atoms with Gasteiger partial charge in [-0.25, -0.2) is 13.6 Å². The number of fused-ring (bicyclic) bond motifs is 1. The molecule has 3 rings (SSSR count). The standard InChI is InChI=1S/C24H31F2NO4/c1-13-11-17(15(3)27-22(29)31-23(4,5)6)21-18(12-13)19(28)14(2)20(30-21)16-7-9-24(25,26)10-8-16/h11-12,15-16H,7-10H2,1-6H3,(H,27,29)/t15-/m1/s1. The second-order valence-corrected chi connectivity index (χ2v) is 9.65. The highest BCUT2D eigenvalue weighted by molar-refractivity contribution is 5.82. The molecule has 1 saturated carbocycles. The Bertz CT molecular complexity index is 1040. The molecule has 0 aliphatic heterocycles. The molecular formula is C24H31F2NO4. The zero-order valence-corrected chi connectivity index (χ0v) is 19.0. The third-order valence-corrected chi connectivity index (χ3v) is 5.72. The maximum atomic E-state index is 13.6. The van der Waals surface area contributed by atoms with Crippen LogP contribution in [0.1, 0.15) is 87.8 Å². The second kappa shape index (κ2) is 8.24. The van der Waals surface area contributed by atoms with Gasteiger partial charge in [-0.05, 0) is 66.0 Å². The van der Waals surface area contributed by atoms with Crippen molar-refractivity contribution in [2.75, 3.05) is 0 Å². The predicted molar refractivity (Wildman–Crippen MR) is 116 cm³/mol. The fraction of sp³-hybridized carbons (Fsp3) is 0.583. The maximum Gasteiger partial charge on any atom is 0.408 e. The van der Waals surface area contributed by atoms with Gasteiger partial charge in [0.25, 0.3) is 0 Å². The molecule has 0 radical (unpaired) electrons. The number of alkyl halides is 2. The van der Waals surface area contributed by atoms with Gasteiger partial charge in [0.1, 0.15) is 16.9 Å². The van der Waals surface area contributed by atoms with Crippen molar-refractivity contribution in [2.45, 2.75) is 90.7 Å². The molecular weight excluding hydrogens is 404 g/mol. The van der Waals surface area contributed by atoms with Crippen LogP contribution < -0.4 is 10.7 Å². The first-order chi connectivity index (χ1) is 14.3. The minimum Gasteiger partial charge on any atom is -0.460 e. The average Bonchev–Trinajstić information content (AvgIpc) is 2.63. The van der Waals surface area contributed by atoms with Crippen molar-refractivity contribution >= 4 is 17.1 Å². The number of carbonyl (C=O) groups is 1. The Kier molecular flexibility index (Phi) is 6.18. The summed E-state index contributed by atoms with van der Waals surface area (Å²) in [5.74, 6) is -2.40. The lowest BCUT2D eigenvalue weighted by Crippen LogP contribution is -2.34. The smallest absolute Gasteiger partial charge is 0.408 e. The van der Waals surface area contributed by atoms with E-state index < -0.39 is 23.7 Å². The molecule has 1 fully saturated rings. The van der Waals surface area contributed by atoms with Gasteiger partial charge in [0, 0.05) is 29.9 Å². The number of hydrogen-bond acceptors (Lipinski definition) is 4. The summed E-state index contributed by atoms with van der Waals surface area (Å²) in [5.41, 5.74) is 1.56. The highest BCUT2D eigenvalue weighted by Gasteiger charge is 2.37. The summed E-state index contributed by atoms with van der Waals surface area (Å²) in [6.45, 7) is 10.7. The Hall–Kier alpha value is -2.44. The molecule has 1 N–H and O–H groups in total. The quantitative estimate of drug-likeness (QED) is 0.615. The predicted octanol–water partition coefficient (Wildman–Crippen LogP) is 6.29. The molecule has 31 heavy (non-hydrogen) atoms. The summed E-state index contributed by atoms with van der Waals surface area (Å²) in [6, 6.07) is 3.14. The Morgan fingerprint density at radius 3 is 2.42 bits per heavy atom. The normalized spacial score (nSPS) is 18.1. The third kappa shape index (κ3) is 5.25. The van der Waals surface area contributed by atoms with Gasteiger partial charge in [0.15, 0.2) is 5.43 Å². The van der Waals surface area contributed by atoms with E-state index in [0.29, 0.717) is 27.9 Å². The summed E-state index contributed by atoms with van der Waals surface area (Å²) in [5, 5.41) is 3.22. The number of ether oxygens (including phenoxy) is 1. The molecule has 1 heterocycles. The number of nitrogens with one attached hydrogen (secondary N) is 1. The molecule has 1 amide bonds. The molecule has 0 spiro atoms. The lowest BCUT2D eigenvalue weighted by Gasteiger charge is -2.28. The molecule has 0 unspecified atom stereocenters. The number of aryl methyl sites for hydroxylation is 1. The number of carbonyl (C=O) groups excluding carboxylic acids is 1. The molecule has 0 saturated heterocycles. The monoisotopic (exact) mass is 435 g/mol. The molecule has 0 bridgehead atoms. The molecule has 1 aliphatic rings. The van der Waals surface area contributed by atoms with Crippen LogP contribution >= 0.6 is 0 Å². The zero-order valence-electron chi connectivity index (χ0n) is 19.0. The van der Waals surface area contributed by atoms with E-state index in [-0.39, 0.29) is 37.0 Å². The fourth-order valence-corrected chi connectivity index (χ4v) is 4.16. The van der Waals surface area contributed by atoms with Crippen molar-refractivity contribution < 1.29 is 22.7 Å². The highest BCUT2D eigenvalue weighted by Crippen LogP contribution is 2.42. The van der Waals surface area contributed by atoms with Crippen LogP contribution in [0.25, 0.3) is 11.0 Å². The Morgan fingerprint density at radius 1 is 1.23 bits per heavy atom. The number of alkyl carbamates (subject to hydrolysis) is 1. The van der Waals surface area contributed by atoms with Gasteiger partial charge < -0.3 is 14.5 Å². The van der Waals surface area contributed by atoms with E-state index in [9.17, 15) is 18.4 Å². The first-order valence-electron chi connectivity index (χ1n) is 10.7. The van der Waals surface area contributed by atoms with Gasteiger partial charge in [-0.2, -0.15) is 0 Å². The molecule has 1 aromatic carbocycles. The first kappa shape index (κ1) is 23.2. The van der Waals surface area contributed by atoms with E-state index in [1.54, 1.807) is 40.7 Å². The van der Waals surface area contributed by atoms with E-state index in [1.165, 1.54) is 0 Å². The molecule has 1 aromatic heterocycles. The van der Waals surface area contributed by atoms with Crippen molar-refractivity contribution in [1.82, 2.24) is 5.32 Å². The van der Waals surface area contributed by atoms with Crippen LogP contribution in [0.15, 0.2) is 21.3 Å². The Morgan fingerprint density at radius 2 is 1.84 bits per heavy atom. The molecule has 5 nitrogen and oxygen atoms in total. The molecule has 1 aliphatic carbocycles. The van der Waals surface area contributed by atoms with E-state index in [0.717, 1.165) is 5.56 Å². The topological polar surface area (TPSA) is 68.5 Å². The zero-order chi connectivity index (χ0) is 23.1. The first-order valence-corrected chi connectivity index (χ1v) is 10.7. The van der Waals surface area contributed by atoms with E-state index >= 15 is 0 Å². The summed E-state index contributed by atoms with van der Waals surface area (Å²) >= 11 is 0. The van der Waals surface area contributed by atoms with Gasteiger partial charge in [0.2, 0.25) is 5.92 Å². The molecule has 2 aromatic rings. The van der Waals surface area contributed by atoms with Gasteiger partial charge >= 0.3 is 6.09 Å². The largest absolute Gasteiger partial charge is 0.460 e. The molecule has 7 heteroatoms. The van der Waals surface area contributed by atoms with Gasteiger partial charge in [-0.15, -0.1) is 0 Å². The van der Waals surface area contributed by atoms with Crippen LogP contribution in [-0.4, -0.2) is 17.6 Å². The van der Waals surface area contributed by atoms with Crippen molar-refractivity contribution in [3.05, 3.63) is 44.8 Å². The van der Waals surface area contributed by atoms with Gasteiger partial charge in [-0.3, -0.25) is 4.79 Å². The number of amides is 1. The summed E-state index contributed by atoms with van der Waals surface area (Å²) in [4.78, 5) is 25.4. The Balaban J connectivity index is 2.03. The maximum absolute atomic E-state index is 13.6. The number of halogens is 2. The number of benzene rings is 1. The third-order valence-electron chi connectivity index (χ3n) is 5.72. The number of hydrogen-bond donors (Lipinski definition) is 1. The van der Waals surface area contributed by atoms with E-state index in [4.69, 9.17) is 9.15 Å². The molecule has 170 valence electrons. The minimum atomic E-state index is -2.66. The van der Waals surface area contributed by atoms with Crippen molar-refractivity contribution in [1.29, 1.82) is 0 Å². The van der Waals surface area contributed by atoms with Crippen molar-refractivity contribution in [3.63, 3.8) is 0 Å². The van der Waals surface area contributed by atoms with Crippen LogP contribution in [-0.2, 0) is 4.74 Å². The van der Waals surface area contributed by atoms with Crippen LogP contribution in [0.4, 0.5) is 13.6 Å². The van der Waals surface area contributed by atoms with Crippen LogP contribution in [0.2, 0.25) is 0 Å². The summed E-state index contributed by atoms with van der Waals surface area (Å²) in [6.07, 6.45) is -0.449. The number of rotatable bonds is 3. The molecule has 1 atom stereocenters. The lowest BCUT2D eigenvalue weighted by atomic mass is 9.83. The van der Waals surface area contributed by atoms with Crippen LogP contribution in [0.5, 0.6) is 0 Å². The highest BCUT2D eigenvalue weighted by atomic mass is 19.3. The van der Waals surface area contributed by atoms with Gasteiger partial charge in [0.05, 0.1) is 11.4 Å². The minimum absolute atomic E-state index is 0.164. The Labute approximate surface area is 181 Å². The lowest BCUT2D eigenvalue weighted by molar-refractivity contribution is -0.0395. The van der Waals surface area contributed by atoms with Crippen LogP contribution in [0, 0.1) is 13.8 Å². The van der Waals surface area contributed by atoms with Crippen molar-refractivity contribution in [3.8, 4) is 0 Å². The summed E-state index contributed by atoms with van der Waals surface area (Å²) in [7, 11) is 0. The fourth-order valence-electron chi connectivity index (χ4n) is 4.16. The van der Waals surface area contributed by atoms with E-state index in [1.807, 2.05) is 13.0 Å². The summed E-state index contributed by atoms with van der Waals surface area (Å²) < 4.78 is 38.8. The second-order valence-electron chi connectivity index (χ2n) is 9.65. The van der Waals surface area contributed by atoms with Gasteiger partial charge in [-0.1, -0.05) is 6.07 Å².